The molecule has 0 amide bonds. The van der Waals surface area contributed by atoms with E-state index in [9.17, 15) is 0 Å². The first-order valence-corrected chi connectivity index (χ1v) is 11.7. The van der Waals surface area contributed by atoms with E-state index in [0.29, 0.717) is 17.2 Å². The van der Waals surface area contributed by atoms with Crippen LogP contribution in [0.4, 0.5) is 4.39 Å². The van der Waals surface area contributed by atoms with E-state index in [2.05, 4.69) is 4.98 Å². The van der Waals surface area contributed by atoms with Gasteiger partial charge in [0.1, 0.15) is 5.82 Å². The van der Waals surface area contributed by atoms with Crippen LogP contribution in [0.15, 0.2) is 133 Å². The molecular formula is C33H22FN3. The van der Waals surface area contributed by atoms with Crippen molar-refractivity contribution in [2.24, 2.45) is 0 Å². The Morgan fingerprint density at radius 2 is 0.919 bits per heavy atom. The van der Waals surface area contributed by atoms with Crippen molar-refractivity contribution >= 4 is 0 Å². The van der Waals surface area contributed by atoms with Crippen LogP contribution in [-0.4, -0.2) is 15.0 Å². The van der Waals surface area contributed by atoms with Gasteiger partial charge in [0.25, 0.3) is 0 Å². The summed E-state index contributed by atoms with van der Waals surface area (Å²) in [5.41, 5.74) is 3.67. The standard InChI is InChI=1S/C33H22FN3/c34-30-21-20-28(22-29(30)25-12-6-2-7-13-25)33-36-31(26-14-8-3-9-15-26)35-32(37-33)27-18-16-24(17-19-27)23-10-4-1-5-11-23/h1-22H/i2D,6D,7D,12D,13D. The predicted molar refractivity (Wildman–Crippen MR) is 147 cm³/mol. The van der Waals surface area contributed by atoms with Crippen LogP contribution in [0, 0.1) is 5.82 Å². The second kappa shape index (κ2) is 9.96. The highest BCUT2D eigenvalue weighted by atomic mass is 19.1. The van der Waals surface area contributed by atoms with E-state index in [4.69, 9.17) is 16.8 Å². The van der Waals surface area contributed by atoms with Gasteiger partial charge in [-0.3, -0.25) is 0 Å². The van der Waals surface area contributed by atoms with E-state index in [1.807, 2.05) is 84.9 Å². The fourth-order valence-electron chi connectivity index (χ4n) is 4.03. The number of benzene rings is 5. The van der Waals surface area contributed by atoms with E-state index < -0.39 is 36.0 Å². The van der Waals surface area contributed by atoms with Crippen molar-refractivity contribution in [3.8, 4) is 56.4 Å². The molecule has 0 saturated carbocycles. The predicted octanol–water partition coefficient (Wildman–Crippen LogP) is 8.35. The zero-order chi connectivity index (χ0) is 29.4. The minimum absolute atomic E-state index is 0.139. The molecule has 37 heavy (non-hydrogen) atoms. The van der Waals surface area contributed by atoms with Gasteiger partial charge in [0, 0.05) is 22.3 Å². The number of hydrogen-bond donors (Lipinski definition) is 0. The van der Waals surface area contributed by atoms with E-state index in [1.54, 1.807) is 0 Å². The fourth-order valence-corrected chi connectivity index (χ4v) is 4.03. The maximum atomic E-state index is 15.2. The maximum absolute atomic E-state index is 15.2. The lowest BCUT2D eigenvalue weighted by atomic mass is 10.0. The van der Waals surface area contributed by atoms with E-state index in [0.717, 1.165) is 22.3 Å². The Morgan fingerprint density at radius 1 is 0.459 bits per heavy atom. The van der Waals surface area contributed by atoms with Crippen molar-refractivity contribution in [3.05, 3.63) is 139 Å². The molecule has 0 saturated heterocycles. The maximum Gasteiger partial charge on any atom is 0.164 e. The van der Waals surface area contributed by atoms with Gasteiger partial charge in [-0.25, -0.2) is 19.3 Å². The first-order valence-electron chi connectivity index (χ1n) is 14.2. The summed E-state index contributed by atoms with van der Waals surface area (Å²) in [6.45, 7) is 0. The summed E-state index contributed by atoms with van der Waals surface area (Å²) >= 11 is 0. The van der Waals surface area contributed by atoms with Crippen LogP contribution in [0.25, 0.3) is 56.4 Å². The minimum atomic E-state index is -0.730. The van der Waals surface area contributed by atoms with Crippen molar-refractivity contribution in [2.75, 3.05) is 0 Å². The SMILES string of the molecule is [2H]c1c([2H])c([2H])c(-c2cc(-c3nc(-c4ccccc4)nc(-c4ccc(-c5ccccc5)cc4)n3)ccc2F)c([2H])c1[2H]. The molecule has 0 atom stereocenters. The number of hydrogen-bond acceptors (Lipinski definition) is 3. The molecule has 6 aromatic rings. The highest BCUT2D eigenvalue weighted by Crippen LogP contribution is 2.30. The molecule has 0 aliphatic carbocycles. The molecule has 0 spiro atoms. The lowest BCUT2D eigenvalue weighted by molar-refractivity contribution is 0.631. The van der Waals surface area contributed by atoms with Crippen LogP contribution in [0.2, 0.25) is 0 Å². The normalized spacial score (nSPS) is 12.7. The van der Waals surface area contributed by atoms with Crippen LogP contribution in [-0.2, 0) is 0 Å². The summed E-state index contributed by atoms with van der Waals surface area (Å²) in [6.07, 6.45) is 0. The molecule has 0 aliphatic rings. The van der Waals surface area contributed by atoms with Crippen molar-refractivity contribution in [1.82, 2.24) is 15.0 Å². The van der Waals surface area contributed by atoms with E-state index in [-0.39, 0.29) is 17.0 Å². The molecule has 0 radical (unpaired) electrons. The van der Waals surface area contributed by atoms with Crippen molar-refractivity contribution in [3.63, 3.8) is 0 Å². The van der Waals surface area contributed by atoms with Crippen molar-refractivity contribution in [1.29, 1.82) is 0 Å². The lowest BCUT2D eigenvalue weighted by Crippen LogP contribution is -2.00. The van der Waals surface area contributed by atoms with Gasteiger partial charge in [-0.2, -0.15) is 0 Å². The van der Waals surface area contributed by atoms with Gasteiger partial charge in [-0.1, -0.05) is 115 Å². The highest BCUT2D eigenvalue weighted by molar-refractivity contribution is 5.73. The molecule has 1 aromatic heterocycles. The molecule has 0 aliphatic heterocycles. The third kappa shape index (κ3) is 4.78. The Bertz CT molecular complexity index is 1900. The number of rotatable bonds is 5. The monoisotopic (exact) mass is 484 g/mol. The molecular weight excluding hydrogens is 457 g/mol. The van der Waals surface area contributed by atoms with Crippen LogP contribution in [0.5, 0.6) is 0 Å². The molecule has 1 heterocycles. The van der Waals surface area contributed by atoms with Gasteiger partial charge in [-0.05, 0) is 34.9 Å². The minimum Gasteiger partial charge on any atom is -0.208 e. The summed E-state index contributed by atoms with van der Waals surface area (Å²) in [4.78, 5) is 14.1. The zero-order valence-corrected chi connectivity index (χ0v) is 19.5. The Labute approximate surface area is 222 Å². The first-order chi connectivity index (χ1) is 20.3. The Kier molecular flexibility index (Phi) is 4.70. The molecule has 6 rings (SSSR count). The smallest absolute Gasteiger partial charge is 0.164 e. The number of nitrogens with zero attached hydrogens (tertiary/aromatic N) is 3. The number of halogens is 1. The fraction of sp³-hybridized carbons (Fsp3) is 0. The van der Waals surface area contributed by atoms with Gasteiger partial charge in [-0.15, -0.1) is 0 Å². The Balaban J connectivity index is 1.51. The zero-order valence-electron chi connectivity index (χ0n) is 24.5. The molecule has 4 heteroatoms. The largest absolute Gasteiger partial charge is 0.208 e. The lowest BCUT2D eigenvalue weighted by Gasteiger charge is -2.10. The molecule has 0 bridgehead atoms. The number of aromatic nitrogens is 3. The van der Waals surface area contributed by atoms with Gasteiger partial charge >= 0.3 is 0 Å². The van der Waals surface area contributed by atoms with Gasteiger partial charge in [0.2, 0.25) is 0 Å². The third-order valence-corrected chi connectivity index (χ3v) is 5.91. The quantitative estimate of drug-likeness (QED) is 0.247. The average Bonchev–Trinajstić information content (AvgIpc) is 3.04. The van der Waals surface area contributed by atoms with Gasteiger partial charge in [0.05, 0.1) is 6.85 Å². The van der Waals surface area contributed by atoms with Gasteiger partial charge < -0.3 is 0 Å². The van der Waals surface area contributed by atoms with Crippen LogP contribution in [0.3, 0.4) is 0 Å². The third-order valence-electron chi connectivity index (χ3n) is 5.91. The second-order valence-corrected chi connectivity index (χ2v) is 8.31. The molecule has 0 fully saturated rings. The first kappa shape index (κ1) is 17.5. The molecule has 5 aromatic carbocycles. The Hall–Kier alpha value is -4.96. The van der Waals surface area contributed by atoms with Crippen molar-refractivity contribution in [2.45, 2.75) is 0 Å². The molecule has 0 N–H and O–H groups in total. The second-order valence-electron chi connectivity index (χ2n) is 8.31. The van der Waals surface area contributed by atoms with Gasteiger partial charge in [0.15, 0.2) is 17.5 Å². The molecule has 0 unspecified atom stereocenters. The summed E-state index contributed by atoms with van der Waals surface area (Å²) in [7, 11) is 0. The Morgan fingerprint density at radius 3 is 1.54 bits per heavy atom. The van der Waals surface area contributed by atoms with E-state index >= 15 is 4.39 Å². The van der Waals surface area contributed by atoms with E-state index in [1.165, 1.54) is 18.2 Å². The summed E-state index contributed by atoms with van der Waals surface area (Å²) in [5, 5.41) is 0. The average molecular weight is 485 g/mol. The summed E-state index contributed by atoms with van der Waals surface area (Å²) < 4.78 is 55.8. The molecule has 3 nitrogen and oxygen atoms in total. The van der Waals surface area contributed by atoms with Crippen LogP contribution < -0.4 is 0 Å². The van der Waals surface area contributed by atoms with Crippen molar-refractivity contribution < 1.29 is 11.2 Å². The van der Waals surface area contributed by atoms with Crippen LogP contribution in [0.1, 0.15) is 6.85 Å². The van der Waals surface area contributed by atoms with Crippen LogP contribution >= 0.6 is 0 Å². The topological polar surface area (TPSA) is 38.7 Å². The summed E-state index contributed by atoms with van der Waals surface area (Å²) in [5.74, 6) is 0.342. The molecule has 176 valence electrons. The highest BCUT2D eigenvalue weighted by Gasteiger charge is 2.14. The summed E-state index contributed by atoms with van der Waals surface area (Å²) in [6, 6.07) is 28.7.